The first-order chi connectivity index (χ1) is 7.10. The lowest BCUT2D eigenvalue weighted by atomic mass is 9.92. The van der Waals surface area contributed by atoms with Crippen molar-refractivity contribution in [1.82, 2.24) is 0 Å². The Morgan fingerprint density at radius 1 is 1.60 bits per heavy atom. The van der Waals surface area contributed by atoms with Crippen LogP contribution < -0.4 is 5.73 Å². The van der Waals surface area contributed by atoms with Gasteiger partial charge in [-0.15, -0.1) is 0 Å². The second-order valence-electron chi connectivity index (χ2n) is 3.60. The van der Waals surface area contributed by atoms with Crippen LogP contribution in [0.4, 0.5) is 4.39 Å². The molecule has 0 amide bonds. The molecule has 0 fully saturated rings. The van der Waals surface area contributed by atoms with Gasteiger partial charge < -0.3 is 5.73 Å². The van der Waals surface area contributed by atoms with Gasteiger partial charge >= 0.3 is 0 Å². The van der Waals surface area contributed by atoms with Crippen molar-refractivity contribution in [2.75, 3.05) is 6.54 Å². The minimum Gasteiger partial charge on any atom is -0.330 e. The molecule has 0 aromatic heterocycles. The van der Waals surface area contributed by atoms with Gasteiger partial charge in [0.25, 0.3) is 0 Å². The number of rotatable bonds is 4. The van der Waals surface area contributed by atoms with Crippen LogP contribution in [0.2, 0.25) is 0 Å². The summed E-state index contributed by atoms with van der Waals surface area (Å²) in [6.07, 6.45) is 1.63. The molecule has 2 heteroatoms. The quantitative estimate of drug-likeness (QED) is 0.803. The van der Waals surface area contributed by atoms with Crippen LogP contribution in [-0.2, 0) is 0 Å². The third kappa shape index (κ3) is 2.54. The second kappa shape index (κ2) is 4.89. The van der Waals surface area contributed by atoms with E-state index < -0.39 is 0 Å². The minimum atomic E-state index is -0.262. The summed E-state index contributed by atoms with van der Waals surface area (Å²) >= 11 is 0. The van der Waals surface area contributed by atoms with Gasteiger partial charge in [-0.3, -0.25) is 0 Å². The van der Waals surface area contributed by atoms with Crippen molar-refractivity contribution in [2.24, 2.45) is 11.7 Å². The molecule has 80 valence electrons. The molecule has 0 spiro atoms. The van der Waals surface area contributed by atoms with Crippen molar-refractivity contribution in [3.05, 3.63) is 48.3 Å². The Hall–Kier alpha value is -1.41. The molecule has 0 aliphatic rings. The minimum absolute atomic E-state index is 0.189. The summed E-state index contributed by atoms with van der Waals surface area (Å²) in [7, 11) is 0. The van der Waals surface area contributed by atoms with E-state index in [2.05, 4.69) is 13.2 Å². The topological polar surface area (TPSA) is 26.0 Å². The predicted molar refractivity (Wildman–Crippen MR) is 63.7 cm³/mol. The van der Waals surface area contributed by atoms with Crippen molar-refractivity contribution in [3.63, 3.8) is 0 Å². The third-order valence-electron chi connectivity index (χ3n) is 2.53. The van der Waals surface area contributed by atoms with Crippen molar-refractivity contribution >= 4 is 11.6 Å². The van der Waals surface area contributed by atoms with Crippen molar-refractivity contribution in [3.8, 4) is 0 Å². The second-order valence-corrected chi connectivity index (χ2v) is 3.60. The number of nitrogens with two attached hydrogens (primary N) is 1. The summed E-state index contributed by atoms with van der Waals surface area (Å²) < 4.78 is 13.0. The molecule has 15 heavy (non-hydrogen) atoms. The van der Waals surface area contributed by atoms with Gasteiger partial charge in [0.2, 0.25) is 0 Å². The molecule has 1 aromatic carbocycles. The Kier molecular flexibility index (Phi) is 3.81. The highest BCUT2D eigenvalue weighted by Crippen LogP contribution is 2.25. The van der Waals surface area contributed by atoms with Crippen LogP contribution >= 0.6 is 0 Å². The van der Waals surface area contributed by atoms with Crippen molar-refractivity contribution in [1.29, 1.82) is 0 Å². The van der Waals surface area contributed by atoms with Gasteiger partial charge in [0.15, 0.2) is 0 Å². The fourth-order valence-electron chi connectivity index (χ4n) is 1.40. The van der Waals surface area contributed by atoms with Gasteiger partial charge in [0, 0.05) is 0 Å². The molecule has 0 aliphatic carbocycles. The van der Waals surface area contributed by atoms with Gasteiger partial charge in [-0.2, -0.15) is 0 Å². The maximum absolute atomic E-state index is 13.0. The average Bonchev–Trinajstić information content (AvgIpc) is 2.26. The number of benzene rings is 1. The summed E-state index contributed by atoms with van der Waals surface area (Å²) in [5.74, 6) is -0.0731. The molecule has 0 radical (unpaired) electrons. The fourth-order valence-corrected chi connectivity index (χ4v) is 1.40. The first kappa shape index (κ1) is 11.7. The van der Waals surface area contributed by atoms with E-state index >= 15 is 0 Å². The maximum atomic E-state index is 13.0. The highest BCUT2D eigenvalue weighted by molar-refractivity contribution is 5.73. The average molecular weight is 205 g/mol. The number of hydrogen-bond acceptors (Lipinski definition) is 1. The Labute approximate surface area is 90.1 Å². The van der Waals surface area contributed by atoms with E-state index in [1.54, 1.807) is 12.1 Å². The summed E-state index contributed by atoms with van der Waals surface area (Å²) in [5, 5.41) is 0. The molecule has 2 N–H and O–H groups in total. The normalized spacial score (nSPS) is 12.2. The Morgan fingerprint density at radius 3 is 2.80 bits per heavy atom. The van der Waals surface area contributed by atoms with Gasteiger partial charge in [-0.25, -0.2) is 4.39 Å². The van der Waals surface area contributed by atoms with E-state index in [1.165, 1.54) is 12.1 Å². The summed E-state index contributed by atoms with van der Waals surface area (Å²) in [6.45, 7) is 10.2. The standard InChI is InChI=1S/C13H16FN/c1-4-11-7-12(14)5-6-13(11)10(3)9(2)8-15/h4-7,9H,1,3,8,15H2,2H3. The number of hydrogen-bond donors (Lipinski definition) is 1. The Balaban J connectivity index is 3.13. The van der Waals surface area contributed by atoms with E-state index in [9.17, 15) is 4.39 Å². The zero-order valence-corrected chi connectivity index (χ0v) is 8.96. The summed E-state index contributed by atoms with van der Waals surface area (Å²) in [4.78, 5) is 0. The first-order valence-corrected chi connectivity index (χ1v) is 4.91. The molecule has 0 heterocycles. The smallest absolute Gasteiger partial charge is 0.123 e. The van der Waals surface area contributed by atoms with E-state index in [0.717, 1.165) is 16.7 Å². The monoisotopic (exact) mass is 205 g/mol. The molecule has 0 bridgehead atoms. The van der Waals surface area contributed by atoms with Crippen LogP contribution in [0.1, 0.15) is 18.1 Å². The van der Waals surface area contributed by atoms with Crippen LogP contribution in [0.3, 0.4) is 0 Å². The van der Waals surface area contributed by atoms with Crippen molar-refractivity contribution < 1.29 is 4.39 Å². The van der Waals surface area contributed by atoms with Crippen LogP contribution in [0.15, 0.2) is 31.4 Å². The van der Waals surface area contributed by atoms with Crippen molar-refractivity contribution in [2.45, 2.75) is 6.92 Å². The SMILES string of the molecule is C=Cc1cc(F)ccc1C(=C)C(C)CN. The van der Waals surface area contributed by atoms with E-state index in [0.29, 0.717) is 6.54 Å². The van der Waals surface area contributed by atoms with Gasteiger partial charge in [-0.05, 0) is 41.3 Å². The van der Waals surface area contributed by atoms with E-state index in [1.807, 2.05) is 6.92 Å². The van der Waals surface area contributed by atoms with Gasteiger partial charge in [0.05, 0.1) is 0 Å². The molecule has 1 nitrogen and oxygen atoms in total. The maximum Gasteiger partial charge on any atom is 0.123 e. The fraction of sp³-hybridized carbons (Fsp3) is 0.231. The molecule has 1 aromatic rings. The first-order valence-electron chi connectivity index (χ1n) is 4.91. The molecule has 0 saturated heterocycles. The van der Waals surface area contributed by atoms with Crippen LogP contribution in [-0.4, -0.2) is 6.54 Å². The summed E-state index contributed by atoms with van der Waals surface area (Å²) in [6, 6.07) is 4.61. The Bertz CT molecular complexity index is 382. The third-order valence-corrected chi connectivity index (χ3v) is 2.53. The summed E-state index contributed by atoms with van der Waals surface area (Å²) in [5.41, 5.74) is 8.18. The molecule has 1 rings (SSSR count). The van der Waals surface area contributed by atoms with Crippen LogP contribution in [0.25, 0.3) is 11.6 Å². The molecular weight excluding hydrogens is 189 g/mol. The lowest BCUT2D eigenvalue weighted by Crippen LogP contribution is -2.12. The molecule has 1 atom stereocenters. The molecule has 0 aliphatic heterocycles. The lowest BCUT2D eigenvalue weighted by molar-refractivity contribution is 0.627. The van der Waals surface area contributed by atoms with Gasteiger partial charge in [0.1, 0.15) is 5.82 Å². The van der Waals surface area contributed by atoms with E-state index in [4.69, 9.17) is 5.73 Å². The number of halogens is 1. The van der Waals surface area contributed by atoms with E-state index in [-0.39, 0.29) is 11.7 Å². The Morgan fingerprint density at radius 2 is 2.27 bits per heavy atom. The molecule has 0 saturated carbocycles. The van der Waals surface area contributed by atoms with Crippen LogP contribution in [0.5, 0.6) is 0 Å². The highest BCUT2D eigenvalue weighted by Gasteiger charge is 2.10. The molecule has 1 unspecified atom stereocenters. The van der Waals surface area contributed by atoms with Gasteiger partial charge in [-0.1, -0.05) is 32.2 Å². The lowest BCUT2D eigenvalue weighted by Gasteiger charge is -2.15. The molecular formula is C13H16FN. The predicted octanol–water partition coefficient (Wildman–Crippen LogP) is 3.08. The zero-order chi connectivity index (χ0) is 11.4. The largest absolute Gasteiger partial charge is 0.330 e. The van der Waals surface area contributed by atoms with Crippen LogP contribution in [0, 0.1) is 11.7 Å². The zero-order valence-electron chi connectivity index (χ0n) is 8.96. The highest BCUT2D eigenvalue weighted by atomic mass is 19.1.